The van der Waals surface area contributed by atoms with Crippen LogP contribution in [-0.2, 0) is 0 Å². The minimum atomic E-state index is -1.66. The second-order valence-electron chi connectivity index (χ2n) is 1.49. The number of hydrogen-bond acceptors (Lipinski definition) is 1. The lowest BCUT2D eigenvalue weighted by Gasteiger charge is -2.08. The van der Waals surface area contributed by atoms with Crippen LogP contribution in [0.4, 0.5) is 13.2 Å². The molecule has 0 spiro atoms. The van der Waals surface area contributed by atoms with Gasteiger partial charge in [-0.3, -0.25) is 0 Å². The van der Waals surface area contributed by atoms with Crippen LogP contribution in [0.25, 0.3) is 0 Å². The van der Waals surface area contributed by atoms with Crippen molar-refractivity contribution in [2.45, 2.75) is 6.30 Å². The molecular formula is C5H3F3N. The molecule has 1 aliphatic heterocycles. The maximum atomic E-state index is 11.9. The molecule has 9 heavy (non-hydrogen) atoms. The molecule has 0 saturated heterocycles. The first kappa shape index (κ1) is 6.19. The van der Waals surface area contributed by atoms with Crippen LogP contribution >= 0.6 is 0 Å². The van der Waals surface area contributed by atoms with Crippen LogP contribution in [0.15, 0.2) is 17.9 Å². The first-order valence-corrected chi connectivity index (χ1v) is 2.26. The van der Waals surface area contributed by atoms with Gasteiger partial charge in [-0.1, -0.05) is 0 Å². The molecule has 1 N–H and O–H groups in total. The van der Waals surface area contributed by atoms with Gasteiger partial charge in [-0.25, -0.2) is 8.78 Å². The highest BCUT2D eigenvalue weighted by Gasteiger charge is 2.13. The first-order valence-electron chi connectivity index (χ1n) is 2.26. The normalized spacial score (nSPS) is 26.3. The molecule has 0 aromatic carbocycles. The summed E-state index contributed by atoms with van der Waals surface area (Å²) in [6.45, 7) is 0. The van der Waals surface area contributed by atoms with Crippen LogP contribution in [0.2, 0.25) is 0 Å². The van der Waals surface area contributed by atoms with Gasteiger partial charge < -0.3 is 5.32 Å². The van der Waals surface area contributed by atoms with Gasteiger partial charge in [-0.15, -0.1) is 0 Å². The molecule has 1 rings (SSSR count). The Morgan fingerprint density at radius 1 is 1.56 bits per heavy atom. The third-order valence-corrected chi connectivity index (χ3v) is 0.814. The number of alkyl halides is 1. The van der Waals surface area contributed by atoms with E-state index in [0.717, 1.165) is 6.08 Å². The molecule has 0 aromatic heterocycles. The summed E-state index contributed by atoms with van der Waals surface area (Å²) in [6.07, 6.45) is 0.857. The van der Waals surface area contributed by atoms with Gasteiger partial charge >= 0.3 is 0 Å². The van der Waals surface area contributed by atoms with E-state index in [4.69, 9.17) is 0 Å². The summed E-state index contributed by atoms with van der Waals surface area (Å²) in [5.74, 6) is -2.49. The number of nitrogens with one attached hydrogen (secondary N) is 1. The molecule has 0 bridgehead atoms. The van der Waals surface area contributed by atoms with Crippen LogP contribution in [0.3, 0.4) is 0 Å². The van der Waals surface area contributed by atoms with Gasteiger partial charge in [0.05, 0.1) is 0 Å². The molecule has 0 amide bonds. The average molecular weight is 134 g/mol. The molecule has 0 aromatic rings. The average Bonchev–Trinajstić information content (AvgIpc) is 1.80. The summed E-state index contributed by atoms with van der Waals surface area (Å²) in [6, 6.07) is 0. The number of hydrogen-bond donors (Lipinski definition) is 1. The van der Waals surface area contributed by atoms with Crippen molar-refractivity contribution in [1.29, 1.82) is 0 Å². The predicted molar refractivity (Wildman–Crippen MR) is 25.1 cm³/mol. The van der Waals surface area contributed by atoms with Crippen molar-refractivity contribution >= 4 is 0 Å². The second-order valence-corrected chi connectivity index (χ2v) is 1.49. The SMILES string of the molecule is FC1=C(F)NC(F)C=[C]1. The Hall–Kier alpha value is -0.930. The fourth-order valence-corrected chi connectivity index (χ4v) is 0.436. The van der Waals surface area contributed by atoms with E-state index < -0.39 is 18.1 Å². The van der Waals surface area contributed by atoms with E-state index in [1.807, 2.05) is 0 Å². The van der Waals surface area contributed by atoms with Crippen molar-refractivity contribution in [2.24, 2.45) is 0 Å². The predicted octanol–water partition coefficient (Wildman–Crippen LogP) is 1.35. The zero-order valence-corrected chi connectivity index (χ0v) is 4.29. The van der Waals surface area contributed by atoms with Gasteiger partial charge in [0, 0.05) is 6.08 Å². The second kappa shape index (κ2) is 2.13. The summed E-state index contributed by atoms with van der Waals surface area (Å²) in [5.41, 5.74) is 0. The van der Waals surface area contributed by atoms with E-state index in [1.54, 1.807) is 11.4 Å². The van der Waals surface area contributed by atoms with Gasteiger partial charge in [0.15, 0.2) is 12.1 Å². The Labute approximate surface area is 49.9 Å². The molecule has 0 fully saturated rings. The summed E-state index contributed by atoms with van der Waals surface area (Å²) < 4.78 is 35.7. The summed E-state index contributed by atoms with van der Waals surface area (Å²) >= 11 is 0. The zero-order chi connectivity index (χ0) is 6.85. The van der Waals surface area contributed by atoms with Crippen molar-refractivity contribution < 1.29 is 13.2 Å². The molecule has 49 valence electrons. The molecular weight excluding hydrogens is 131 g/mol. The van der Waals surface area contributed by atoms with E-state index in [2.05, 4.69) is 0 Å². The topological polar surface area (TPSA) is 12.0 Å². The van der Waals surface area contributed by atoms with Crippen LogP contribution in [0.5, 0.6) is 0 Å². The Kier molecular flexibility index (Phi) is 1.46. The lowest BCUT2D eigenvalue weighted by atomic mass is 10.3. The molecule has 1 unspecified atom stereocenters. The summed E-state index contributed by atoms with van der Waals surface area (Å²) in [5, 5.41) is 1.58. The smallest absolute Gasteiger partial charge is 0.226 e. The van der Waals surface area contributed by atoms with Crippen LogP contribution < -0.4 is 5.32 Å². The van der Waals surface area contributed by atoms with Crippen molar-refractivity contribution in [2.75, 3.05) is 0 Å². The number of rotatable bonds is 0. The lowest BCUT2D eigenvalue weighted by Crippen LogP contribution is -2.23. The maximum absolute atomic E-state index is 11.9. The molecule has 1 radical (unpaired) electrons. The van der Waals surface area contributed by atoms with E-state index in [1.165, 1.54) is 0 Å². The summed E-state index contributed by atoms with van der Waals surface area (Å²) in [7, 11) is 0. The van der Waals surface area contributed by atoms with E-state index in [0.29, 0.717) is 0 Å². The van der Waals surface area contributed by atoms with E-state index in [9.17, 15) is 13.2 Å². The lowest BCUT2D eigenvalue weighted by molar-refractivity contribution is 0.311. The van der Waals surface area contributed by atoms with E-state index >= 15 is 0 Å². The zero-order valence-electron chi connectivity index (χ0n) is 4.29. The number of halogens is 3. The highest BCUT2D eigenvalue weighted by molar-refractivity contribution is 5.14. The van der Waals surface area contributed by atoms with Gasteiger partial charge in [-0.2, -0.15) is 4.39 Å². The Balaban J connectivity index is 2.75. The maximum Gasteiger partial charge on any atom is 0.226 e. The quantitative estimate of drug-likeness (QED) is 0.493. The molecule has 0 saturated carbocycles. The Morgan fingerprint density at radius 3 is 2.67 bits per heavy atom. The third-order valence-electron chi connectivity index (χ3n) is 0.814. The van der Waals surface area contributed by atoms with Crippen molar-refractivity contribution in [1.82, 2.24) is 5.32 Å². The van der Waals surface area contributed by atoms with Crippen molar-refractivity contribution in [3.63, 3.8) is 0 Å². The standard InChI is InChI=1S/C5H3F3N/c6-3-1-2-4(7)9-5(3)8/h2,4,9H. The minimum Gasteiger partial charge on any atom is -0.327 e. The molecule has 1 heterocycles. The third kappa shape index (κ3) is 1.25. The van der Waals surface area contributed by atoms with Gasteiger partial charge in [0.1, 0.15) is 0 Å². The van der Waals surface area contributed by atoms with Crippen LogP contribution in [-0.4, -0.2) is 6.30 Å². The highest BCUT2D eigenvalue weighted by atomic mass is 19.2. The van der Waals surface area contributed by atoms with Gasteiger partial charge in [-0.05, 0) is 6.08 Å². The molecule has 1 aliphatic rings. The van der Waals surface area contributed by atoms with Crippen LogP contribution in [0, 0.1) is 6.08 Å². The van der Waals surface area contributed by atoms with Crippen LogP contribution in [0.1, 0.15) is 0 Å². The largest absolute Gasteiger partial charge is 0.327 e. The monoisotopic (exact) mass is 134 g/mol. The van der Waals surface area contributed by atoms with E-state index in [-0.39, 0.29) is 0 Å². The Bertz CT molecular complexity index is 173. The fraction of sp³-hybridized carbons (Fsp3) is 0.200. The minimum absolute atomic E-state index is 0.762. The summed E-state index contributed by atoms with van der Waals surface area (Å²) in [4.78, 5) is 0. The molecule has 1 nitrogen and oxygen atoms in total. The fourth-order valence-electron chi connectivity index (χ4n) is 0.436. The molecule has 1 atom stereocenters. The van der Waals surface area contributed by atoms with Gasteiger partial charge in [0.2, 0.25) is 5.95 Å². The van der Waals surface area contributed by atoms with Crippen molar-refractivity contribution in [3.05, 3.63) is 23.9 Å². The number of dihydropyridines is 1. The molecule has 4 heteroatoms. The van der Waals surface area contributed by atoms with Gasteiger partial charge in [0.25, 0.3) is 0 Å². The Morgan fingerprint density at radius 2 is 2.22 bits per heavy atom. The molecule has 0 aliphatic carbocycles. The van der Waals surface area contributed by atoms with Crippen molar-refractivity contribution in [3.8, 4) is 0 Å². The first-order chi connectivity index (χ1) is 4.20. The highest BCUT2D eigenvalue weighted by Crippen LogP contribution is 2.12. The number of allylic oxidation sites excluding steroid dienone is 2.